The molecule has 0 aliphatic carbocycles. The molecule has 0 amide bonds. The molecule has 7 nitrogen and oxygen atoms in total. The van der Waals surface area contributed by atoms with Crippen LogP contribution in [0.25, 0.3) is 0 Å². The number of aryl methyl sites for hydroxylation is 1. The molecule has 0 aliphatic heterocycles. The third-order valence-electron chi connectivity index (χ3n) is 2.74. The van der Waals surface area contributed by atoms with Crippen LogP contribution in [0.2, 0.25) is 0 Å². The zero-order valence-electron chi connectivity index (χ0n) is 12.3. The molecule has 0 fully saturated rings. The predicted octanol–water partition coefficient (Wildman–Crippen LogP) is 2.00. The predicted molar refractivity (Wildman–Crippen MR) is 78.7 cm³/mol. The minimum absolute atomic E-state index is 0.0681. The van der Waals surface area contributed by atoms with E-state index in [2.05, 4.69) is 4.72 Å². The number of nitro benzene ring substituents is 1. The smallest absolute Gasteiger partial charge is 0.270 e. The van der Waals surface area contributed by atoms with E-state index in [-0.39, 0.29) is 23.2 Å². The van der Waals surface area contributed by atoms with Crippen molar-refractivity contribution in [2.24, 2.45) is 0 Å². The fourth-order valence-electron chi connectivity index (χ4n) is 1.67. The van der Waals surface area contributed by atoms with Gasteiger partial charge in [0.05, 0.1) is 15.9 Å². The minimum Gasteiger partial charge on any atom is -0.379 e. The van der Waals surface area contributed by atoms with Crippen molar-refractivity contribution in [1.29, 1.82) is 0 Å². The summed E-state index contributed by atoms with van der Waals surface area (Å²) in [5, 5.41) is 10.7. The highest BCUT2D eigenvalue weighted by Gasteiger charge is 2.19. The maximum absolute atomic E-state index is 12.2. The van der Waals surface area contributed by atoms with Crippen LogP contribution in [0.1, 0.15) is 25.8 Å². The van der Waals surface area contributed by atoms with Crippen molar-refractivity contribution >= 4 is 15.7 Å². The first-order valence-electron chi connectivity index (χ1n) is 6.60. The summed E-state index contributed by atoms with van der Waals surface area (Å²) < 4.78 is 32.0. The van der Waals surface area contributed by atoms with Gasteiger partial charge in [0.2, 0.25) is 10.0 Å². The highest BCUT2D eigenvalue weighted by Crippen LogP contribution is 2.21. The van der Waals surface area contributed by atoms with Crippen LogP contribution in [0.15, 0.2) is 23.1 Å². The van der Waals surface area contributed by atoms with E-state index >= 15 is 0 Å². The molecule has 0 atom stereocenters. The lowest BCUT2D eigenvalue weighted by Crippen LogP contribution is -2.26. The highest BCUT2D eigenvalue weighted by molar-refractivity contribution is 7.89. The Morgan fingerprint density at radius 2 is 2.05 bits per heavy atom. The van der Waals surface area contributed by atoms with E-state index < -0.39 is 14.9 Å². The van der Waals surface area contributed by atoms with Crippen molar-refractivity contribution in [2.75, 3.05) is 13.2 Å². The third-order valence-corrected chi connectivity index (χ3v) is 4.34. The van der Waals surface area contributed by atoms with Crippen molar-refractivity contribution < 1.29 is 18.1 Å². The summed E-state index contributed by atoms with van der Waals surface area (Å²) in [5.74, 6) is 0. The molecule has 8 heteroatoms. The van der Waals surface area contributed by atoms with Crippen LogP contribution in [-0.4, -0.2) is 32.6 Å². The lowest BCUT2D eigenvalue weighted by molar-refractivity contribution is -0.385. The Kier molecular flexibility index (Phi) is 6.25. The van der Waals surface area contributed by atoms with Gasteiger partial charge in [0.15, 0.2) is 0 Å². The molecule has 118 valence electrons. The molecule has 0 saturated carbocycles. The average Bonchev–Trinajstić information content (AvgIpc) is 2.37. The number of rotatable bonds is 8. The van der Waals surface area contributed by atoms with Gasteiger partial charge >= 0.3 is 0 Å². The number of hydrogen-bond donors (Lipinski definition) is 1. The van der Waals surface area contributed by atoms with Crippen LogP contribution in [-0.2, 0) is 14.8 Å². The summed E-state index contributed by atoms with van der Waals surface area (Å²) in [4.78, 5) is 10.0. The molecule has 0 bridgehead atoms. The normalized spacial score (nSPS) is 11.8. The number of nitro groups is 1. The highest BCUT2D eigenvalue weighted by atomic mass is 32.2. The second-order valence-corrected chi connectivity index (χ2v) is 6.61. The zero-order chi connectivity index (χ0) is 16.0. The number of non-ortho nitro benzene ring substituents is 1. The van der Waals surface area contributed by atoms with Gasteiger partial charge in [0.1, 0.15) is 0 Å². The molecule has 0 aliphatic rings. The fourth-order valence-corrected chi connectivity index (χ4v) is 3.00. The molecule has 0 aromatic heterocycles. The molecule has 1 rings (SSSR count). The number of nitrogens with zero attached hydrogens (tertiary/aromatic N) is 1. The van der Waals surface area contributed by atoms with E-state index in [9.17, 15) is 18.5 Å². The number of ether oxygens (including phenoxy) is 1. The van der Waals surface area contributed by atoms with Gasteiger partial charge in [-0.2, -0.15) is 0 Å². The Morgan fingerprint density at radius 3 is 2.62 bits per heavy atom. The summed E-state index contributed by atoms with van der Waals surface area (Å²) in [5.41, 5.74) is 0.218. The van der Waals surface area contributed by atoms with Gasteiger partial charge in [-0.1, -0.05) is 6.07 Å². The van der Waals surface area contributed by atoms with Gasteiger partial charge in [-0.3, -0.25) is 10.1 Å². The SMILES string of the molecule is Cc1ccc([N+](=O)[O-])cc1S(=O)(=O)NCCCOC(C)C. The van der Waals surface area contributed by atoms with Crippen LogP contribution in [0.4, 0.5) is 5.69 Å². The molecule has 0 spiro atoms. The summed E-state index contributed by atoms with van der Waals surface area (Å²) in [6.45, 7) is 6.07. The first kappa shape index (κ1) is 17.5. The van der Waals surface area contributed by atoms with E-state index in [1.807, 2.05) is 13.8 Å². The Hall–Kier alpha value is -1.51. The fraction of sp³-hybridized carbons (Fsp3) is 0.538. The molecule has 21 heavy (non-hydrogen) atoms. The molecule has 0 heterocycles. The Morgan fingerprint density at radius 1 is 1.38 bits per heavy atom. The van der Waals surface area contributed by atoms with E-state index in [4.69, 9.17) is 4.74 Å². The topological polar surface area (TPSA) is 98.5 Å². The van der Waals surface area contributed by atoms with Crippen molar-refractivity contribution in [3.8, 4) is 0 Å². The summed E-state index contributed by atoms with van der Waals surface area (Å²) in [7, 11) is -3.76. The van der Waals surface area contributed by atoms with Crippen LogP contribution in [0.3, 0.4) is 0 Å². The van der Waals surface area contributed by atoms with Gasteiger partial charge in [0, 0.05) is 25.3 Å². The summed E-state index contributed by atoms with van der Waals surface area (Å²) in [6.07, 6.45) is 0.631. The maximum Gasteiger partial charge on any atom is 0.270 e. The Balaban J connectivity index is 2.74. The number of hydrogen-bond acceptors (Lipinski definition) is 5. The standard InChI is InChI=1S/C13H20N2O5S/c1-10(2)20-8-4-7-14-21(18,19)13-9-12(15(16)17)6-5-11(13)3/h5-6,9-10,14H,4,7-8H2,1-3H3. The van der Waals surface area contributed by atoms with Gasteiger partial charge in [-0.15, -0.1) is 0 Å². The second-order valence-electron chi connectivity index (χ2n) is 4.88. The maximum atomic E-state index is 12.2. The van der Waals surface area contributed by atoms with E-state index in [1.165, 1.54) is 12.1 Å². The number of benzene rings is 1. The van der Waals surface area contributed by atoms with Crippen molar-refractivity contribution in [3.63, 3.8) is 0 Å². The molecule has 1 N–H and O–H groups in total. The molecule has 0 unspecified atom stereocenters. The number of nitrogens with one attached hydrogen (secondary N) is 1. The van der Waals surface area contributed by atoms with E-state index in [0.717, 1.165) is 6.07 Å². The van der Waals surface area contributed by atoms with E-state index in [0.29, 0.717) is 18.6 Å². The van der Waals surface area contributed by atoms with E-state index in [1.54, 1.807) is 6.92 Å². The monoisotopic (exact) mass is 316 g/mol. The van der Waals surface area contributed by atoms with Crippen molar-refractivity contribution in [1.82, 2.24) is 4.72 Å². The zero-order valence-corrected chi connectivity index (χ0v) is 13.1. The molecule has 0 saturated heterocycles. The molecular formula is C13H20N2O5S. The van der Waals surface area contributed by atoms with Crippen LogP contribution >= 0.6 is 0 Å². The Labute approximate surface area is 124 Å². The summed E-state index contributed by atoms with van der Waals surface area (Å²) in [6, 6.07) is 3.78. The molecular weight excluding hydrogens is 296 g/mol. The van der Waals surface area contributed by atoms with Gasteiger partial charge in [0.25, 0.3) is 5.69 Å². The van der Waals surface area contributed by atoms with Crippen molar-refractivity contribution in [2.45, 2.75) is 38.2 Å². The molecule has 0 radical (unpaired) electrons. The average molecular weight is 316 g/mol. The van der Waals surface area contributed by atoms with Crippen LogP contribution in [0.5, 0.6) is 0 Å². The largest absolute Gasteiger partial charge is 0.379 e. The molecule has 1 aromatic rings. The van der Waals surface area contributed by atoms with Gasteiger partial charge in [-0.25, -0.2) is 13.1 Å². The van der Waals surface area contributed by atoms with Crippen LogP contribution < -0.4 is 4.72 Å². The van der Waals surface area contributed by atoms with Crippen molar-refractivity contribution in [3.05, 3.63) is 33.9 Å². The minimum atomic E-state index is -3.76. The lowest BCUT2D eigenvalue weighted by atomic mass is 10.2. The van der Waals surface area contributed by atoms with Crippen LogP contribution in [0, 0.1) is 17.0 Å². The van der Waals surface area contributed by atoms with Gasteiger partial charge < -0.3 is 4.74 Å². The quantitative estimate of drug-likeness (QED) is 0.449. The first-order chi connectivity index (χ1) is 9.74. The Bertz CT molecular complexity index is 599. The van der Waals surface area contributed by atoms with Gasteiger partial charge in [-0.05, 0) is 32.8 Å². The lowest BCUT2D eigenvalue weighted by Gasteiger charge is -2.10. The first-order valence-corrected chi connectivity index (χ1v) is 8.08. The second kappa shape index (κ2) is 7.48. The number of sulfonamides is 1. The third kappa shape index (κ3) is 5.41. The molecule has 1 aromatic carbocycles. The summed E-state index contributed by atoms with van der Waals surface area (Å²) >= 11 is 0.